The van der Waals surface area contributed by atoms with Crippen LogP contribution in [0.2, 0.25) is 0 Å². The van der Waals surface area contributed by atoms with Crippen LogP contribution in [0.15, 0.2) is 0 Å². The quantitative estimate of drug-likeness (QED) is 0.818. The summed E-state index contributed by atoms with van der Waals surface area (Å²) in [5.74, 6) is 2.25. The largest absolute Gasteiger partial charge is 0.377 e. The van der Waals surface area contributed by atoms with Crippen molar-refractivity contribution in [3.05, 3.63) is 11.6 Å². The van der Waals surface area contributed by atoms with Crippen molar-refractivity contribution in [1.29, 1.82) is 0 Å². The van der Waals surface area contributed by atoms with E-state index in [-0.39, 0.29) is 12.2 Å². The van der Waals surface area contributed by atoms with Gasteiger partial charge in [-0.2, -0.15) is 0 Å². The predicted molar refractivity (Wildman–Crippen MR) is 74.4 cm³/mol. The van der Waals surface area contributed by atoms with E-state index in [1.54, 1.807) is 14.2 Å². The molecule has 0 radical (unpaired) electrons. The Labute approximate surface area is 120 Å². The molecule has 1 saturated heterocycles. The molecule has 0 saturated carbocycles. The number of likely N-dealkylation sites (tertiary alicyclic amines) is 1. The summed E-state index contributed by atoms with van der Waals surface area (Å²) in [5, 5.41) is 8.76. The minimum Gasteiger partial charge on any atom is -0.377 e. The lowest BCUT2D eigenvalue weighted by Crippen LogP contribution is -2.27. The highest BCUT2D eigenvalue weighted by Gasteiger charge is 2.33. The van der Waals surface area contributed by atoms with Crippen molar-refractivity contribution < 1.29 is 9.47 Å². The van der Waals surface area contributed by atoms with E-state index in [0.717, 1.165) is 44.2 Å². The monoisotopic (exact) mass is 280 g/mol. The van der Waals surface area contributed by atoms with E-state index in [4.69, 9.17) is 9.47 Å². The third-order valence-corrected chi connectivity index (χ3v) is 4.45. The van der Waals surface area contributed by atoms with E-state index in [1.165, 1.54) is 19.3 Å². The molecule has 112 valence electrons. The van der Waals surface area contributed by atoms with Crippen molar-refractivity contribution in [2.24, 2.45) is 0 Å². The molecule has 3 rings (SSSR count). The fourth-order valence-electron chi connectivity index (χ4n) is 3.26. The SMILES string of the molecule is CO[C@H]1CN(Cc2nnc3n2CCCCC3)C[C@H]1OC. The van der Waals surface area contributed by atoms with E-state index >= 15 is 0 Å². The molecule has 20 heavy (non-hydrogen) atoms. The first-order chi connectivity index (χ1) is 9.81. The summed E-state index contributed by atoms with van der Waals surface area (Å²) in [4.78, 5) is 2.35. The van der Waals surface area contributed by atoms with Gasteiger partial charge in [0.15, 0.2) is 0 Å². The first-order valence-electron chi connectivity index (χ1n) is 7.50. The van der Waals surface area contributed by atoms with Gasteiger partial charge in [0, 0.05) is 40.3 Å². The van der Waals surface area contributed by atoms with E-state index in [2.05, 4.69) is 19.7 Å². The average molecular weight is 280 g/mol. The number of nitrogens with zero attached hydrogens (tertiary/aromatic N) is 4. The van der Waals surface area contributed by atoms with Gasteiger partial charge in [-0.3, -0.25) is 4.90 Å². The Morgan fingerprint density at radius 1 is 1.05 bits per heavy atom. The Balaban J connectivity index is 1.68. The zero-order valence-electron chi connectivity index (χ0n) is 12.4. The molecule has 0 aliphatic carbocycles. The summed E-state index contributed by atoms with van der Waals surface area (Å²) in [6.07, 6.45) is 5.15. The molecular weight excluding hydrogens is 256 g/mol. The van der Waals surface area contributed by atoms with Gasteiger partial charge in [-0.25, -0.2) is 0 Å². The van der Waals surface area contributed by atoms with Crippen molar-refractivity contribution in [1.82, 2.24) is 19.7 Å². The van der Waals surface area contributed by atoms with E-state index in [1.807, 2.05) is 0 Å². The third-order valence-electron chi connectivity index (χ3n) is 4.45. The van der Waals surface area contributed by atoms with Crippen molar-refractivity contribution in [2.75, 3.05) is 27.3 Å². The summed E-state index contributed by atoms with van der Waals surface area (Å²) in [6.45, 7) is 3.70. The summed E-state index contributed by atoms with van der Waals surface area (Å²) in [7, 11) is 3.51. The summed E-state index contributed by atoms with van der Waals surface area (Å²) in [5.41, 5.74) is 0. The van der Waals surface area contributed by atoms with Crippen LogP contribution < -0.4 is 0 Å². The topological polar surface area (TPSA) is 52.4 Å². The van der Waals surface area contributed by atoms with E-state index < -0.39 is 0 Å². The van der Waals surface area contributed by atoms with Gasteiger partial charge in [0.2, 0.25) is 0 Å². The van der Waals surface area contributed by atoms with E-state index in [9.17, 15) is 0 Å². The molecule has 6 heteroatoms. The molecule has 6 nitrogen and oxygen atoms in total. The highest BCUT2D eigenvalue weighted by atomic mass is 16.5. The average Bonchev–Trinajstić information content (AvgIpc) is 2.95. The highest BCUT2D eigenvalue weighted by molar-refractivity contribution is 4.99. The second-order valence-corrected chi connectivity index (χ2v) is 5.74. The number of hydrogen-bond acceptors (Lipinski definition) is 5. The van der Waals surface area contributed by atoms with Crippen LogP contribution in [0, 0.1) is 0 Å². The zero-order chi connectivity index (χ0) is 13.9. The van der Waals surface area contributed by atoms with Crippen LogP contribution >= 0.6 is 0 Å². The summed E-state index contributed by atoms with van der Waals surface area (Å²) >= 11 is 0. The van der Waals surface area contributed by atoms with Crippen LogP contribution in [0.25, 0.3) is 0 Å². The van der Waals surface area contributed by atoms with Crippen LogP contribution in [-0.2, 0) is 29.0 Å². The fraction of sp³-hybridized carbons (Fsp3) is 0.857. The minimum atomic E-state index is 0.159. The molecule has 1 aromatic heterocycles. The van der Waals surface area contributed by atoms with Crippen molar-refractivity contribution in [3.63, 3.8) is 0 Å². The van der Waals surface area contributed by atoms with Gasteiger partial charge in [0.05, 0.1) is 18.8 Å². The number of ether oxygens (including phenoxy) is 2. The molecule has 2 aliphatic rings. The van der Waals surface area contributed by atoms with Gasteiger partial charge in [-0.05, 0) is 12.8 Å². The lowest BCUT2D eigenvalue weighted by Gasteiger charge is -2.15. The standard InChI is InChI=1S/C14H24N4O2/c1-19-11-8-17(9-12(11)20-2)10-14-16-15-13-6-4-3-5-7-18(13)14/h11-12H,3-10H2,1-2H3/t11-,12+. The molecule has 1 aromatic rings. The normalized spacial score (nSPS) is 27.5. The van der Waals surface area contributed by atoms with E-state index in [0.29, 0.717) is 0 Å². The van der Waals surface area contributed by atoms with Crippen molar-refractivity contribution in [2.45, 2.75) is 51.0 Å². The Morgan fingerprint density at radius 2 is 1.80 bits per heavy atom. The number of hydrogen-bond donors (Lipinski definition) is 0. The molecule has 0 aromatic carbocycles. The van der Waals surface area contributed by atoms with Gasteiger partial charge in [-0.15, -0.1) is 10.2 Å². The lowest BCUT2D eigenvalue weighted by atomic mass is 10.2. The smallest absolute Gasteiger partial charge is 0.147 e. The van der Waals surface area contributed by atoms with Gasteiger partial charge in [-0.1, -0.05) is 6.42 Å². The minimum absolute atomic E-state index is 0.159. The Hall–Kier alpha value is -0.980. The maximum absolute atomic E-state index is 5.49. The van der Waals surface area contributed by atoms with Crippen LogP contribution in [0.5, 0.6) is 0 Å². The zero-order valence-corrected chi connectivity index (χ0v) is 12.4. The van der Waals surface area contributed by atoms with Crippen molar-refractivity contribution in [3.8, 4) is 0 Å². The Morgan fingerprint density at radius 3 is 2.50 bits per heavy atom. The summed E-state index contributed by atoms with van der Waals surface area (Å²) < 4.78 is 13.3. The highest BCUT2D eigenvalue weighted by Crippen LogP contribution is 2.20. The van der Waals surface area contributed by atoms with Crippen LogP contribution in [0.4, 0.5) is 0 Å². The van der Waals surface area contributed by atoms with Crippen LogP contribution in [0.3, 0.4) is 0 Å². The second kappa shape index (κ2) is 6.20. The first-order valence-corrected chi connectivity index (χ1v) is 7.50. The number of rotatable bonds is 4. The number of methoxy groups -OCH3 is 2. The number of aryl methyl sites for hydroxylation is 1. The maximum atomic E-state index is 5.49. The second-order valence-electron chi connectivity index (χ2n) is 5.74. The molecule has 2 atom stereocenters. The van der Waals surface area contributed by atoms with Crippen LogP contribution in [0.1, 0.15) is 30.9 Å². The molecular formula is C14H24N4O2. The molecule has 0 spiro atoms. The molecule has 0 amide bonds. The molecule has 0 N–H and O–H groups in total. The van der Waals surface area contributed by atoms with Gasteiger partial charge < -0.3 is 14.0 Å². The van der Waals surface area contributed by atoms with Crippen LogP contribution in [-0.4, -0.2) is 59.2 Å². The molecule has 3 heterocycles. The number of fused-ring (bicyclic) bond motifs is 1. The van der Waals surface area contributed by atoms with Crippen molar-refractivity contribution >= 4 is 0 Å². The first kappa shape index (κ1) is 14.0. The summed E-state index contributed by atoms with van der Waals surface area (Å²) in [6, 6.07) is 0. The third kappa shape index (κ3) is 2.73. The molecule has 0 bridgehead atoms. The fourth-order valence-corrected chi connectivity index (χ4v) is 3.26. The van der Waals surface area contributed by atoms with Gasteiger partial charge in [0.1, 0.15) is 11.6 Å². The van der Waals surface area contributed by atoms with Gasteiger partial charge in [0.25, 0.3) is 0 Å². The molecule has 0 unspecified atom stereocenters. The molecule has 1 fully saturated rings. The number of aromatic nitrogens is 3. The maximum Gasteiger partial charge on any atom is 0.147 e. The predicted octanol–water partition coefficient (Wildman–Crippen LogP) is 0.850. The van der Waals surface area contributed by atoms with Gasteiger partial charge >= 0.3 is 0 Å². The lowest BCUT2D eigenvalue weighted by molar-refractivity contribution is -0.00461. The Bertz CT molecular complexity index is 436. The Kier molecular flexibility index (Phi) is 4.33. The molecule has 2 aliphatic heterocycles.